The second-order valence-electron chi connectivity index (χ2n) is 3.42. The Morgan fingerprint density at radius 3 is 3.08 bits per heavy atom. The third-order valence-electron chi connectivity index (χ3n) is 2.34. The van der Waals surface area contributed by atoms with E-state index in [0.717, 1.165) is 13.0 Å². The van der Waals surface area contributed by atoms with Gasteiger partial charge in [-0.1, -0.05) is 30.7 Å². The van der Waals surface area contributed by atoms with Gasteiger partial charge in [0.1, 0.15) is 0 Å². The summed E-state index contributed by atoms with van der Waals surface area (Å²) in [5.74, 6) is 0. The second-order valence-corrected chi connectivity index (χ2v) is 3.42. The zero-order valence-electron chi connectivity index (χ0n) is 8.03. The van der Waals surface area contributed by atoms with Crippen molar-refractivity contribution in [3.63, 3.8) is 0 Å². The summed E-state index contributed by atoms with van der Waals surface area (Å²) in [6.45, 7) is 8.48. The van der Waals surface area contributed by atoms with Gasteiger partial charge in [0, 0.05) is 0 Å². The Morgan fingerprint density at radius 2 is 2.33 bits per heavy atom. The van der Waals surface area contributed by atoms with Crippen molar-refractivity contribution in [3.8, 4) is 0 Å². The van der Waals surface area contributed by atoms with E-state index in [4.69, 9.17) is 0 Å². The first-order valence-electron chi connectivity index (χ1n) is 4.91. The van der Waals surface area contributed by atoms with Gasteiger partial charge >= 0.3 is 0 Å². The number of nitrogens with one attached hydrogen (secondary N) is 1. The smallest absolute Gasteiger partial charge is 0.00115 e. The van der Waals surface area contributed by atoms with Crippen LogP contribution in [0.1, 0.15) is 32.6 Å². The van der Waals surface area contributed by atoms with Gasteiger partial charge in [0.05, 0.1) is 0 Å². The lowest BCUT2D eigenvalue weighted by atomic mass is 10.0. The van der Waals surface area contributed by atoms with Crippen LogP contribution in [0.3, 0.4) is 0 Å². The van der Waals surface area contributed by atoms with Crippen LogP contribution in [0.4, 0.5) is 0 Å². The second kappa shape index (κ2) is 5.15. The van der Waals surface area contributed by atoms with E-state index in [-0.39, 0.29) is 0 Å². The van der Waals surface area contributed by atoms with Crippen molar-refractivity contribution in [3.05, 3.63) is 23.8 Å². The van der Waals surface area contributed by atoms with Crippen molar-refractivity contribution in [1.82, 2.24) is 5.32 Å². The highest BCUT2D eigenvalue weighted by Crippen LogP contribution is 2.15. The Bertz CT molecular complexity index is 169. The largest absolute Gasteiger partial charge is 0.316 e. The fourth-order valence-corrected chi connectivity index (χ4v) is 1.47. The molecule has 0 aromatic rings. The summed E-state index contributed by atoms with van der Waals surface area (Å²) in [4.78, 5) is 0. The van der Waals surface area contributed by atoms with E-state index in [0.29, 0.717) is 0 Å². The molecule has 1 nitrogen and oxygen atoms in total. The topological polar surface area (TPSA) is 12.0 Å². The molecule has 1 saturated heterocycles. The minimum absolute atomic E-state index is 1.08. The van der Waals surface area contributed by atoms with Gasteiger partial charge in [-0.25, -0.2) is 0 Å². The van der Waals surface area contributed by atoms with E-state index >= 15 is 0 Å². The third kappa shape index (κ3) is 3.22. The molecule has 0 saturated carbocycles. The summed E-state index contributed by atoms with van der Waals surface area (Å²) in [6, 6.07) is 0. The van der Waals surface area contributed by atoms with E-state index in [1.54, 1.807) is 5.57 Å². The van der Waals surface area contributed by atoms with E-state index < -0.39 is 0 Å². The standard InChI is InChI=1S/C11H19N/c1-3-10(2)9-11-5-4-7-12-8-6-11/h9,12H,2-8H2,1H3/b11-9-. The van der Waals surface area contributed by atoms with Gasteiger partial charge in [0.15, 0.2) is 0 Å². The Kier molecular flexibility index (Phi) is 4.09. The van der Waals surface area contributed by atoms with Gasteiger partial charge in [-0.05, 0) is 38.8 Å². The van der Waals surface area contributed by atoms with E-state index in [1.165, 1.54) is 31.4 Å². The van der Waals surface area contributed by atoms with Crippen molar-refractivity contribution in [2.75, 3.05) is 13.1 Å². The van der Waals surface area contributed by atoms with E-state index in [9.17, 15) is 0 Å². The minimum atomic E-state index is 1.08. The molecule has 1 fully saturated rings. The summed E-state index contributed by atoms with van der Waals surface area (Å²) >= 11 is 0. The van der Waals surface area contributed by atoms with Crippen LogP contribution in [0.5, 0.6) is 0 Å². The highest BCUT2D eigenvalue weighted by atomic mass is 14.8. The van der Waals surface area contributed by atoms with Gasteiger partial charge in [-0.3, -0.25) is 0 Å². The monoisotopic (exact) mass is 165 g/mol. The highest BCUT2D eigenvalue weighted by molar-refractivity contribution is 5.20. The zero-order valence-corrected chi connectivity index (χ0v) is 8.03. The first kappa shape index (κ1) is 9.53. The van der Waals surface area contributed by atoms with E-state index in [2.05, 4.69) is 24.9 Å². The average molecular weight is 165 g/mol. The minimum Gasteiger partial charge on any atom is -0.316 e. The molecular weight excluding hydrogens is 146 g/mol. The molecule has 0 spiro atoms. The molecule has 0 unspecified atom stereocenters. The van der Waals surface area contributed by atoms with Crippen molar-refractivity contribution < 1.29 is 0 Å². The quantitative estimate of drug-likeness (QED) is 0.663. The molecule has 0 aromatic carbocycles. The van der Waals surface area contributed by atoms with Gasteiger partial charge in [0.2, 0.25) is 0 Å². The van der Waals surface area contributed by atoms with Crippen LogP contribution in [0.25, 0.3) is 0 Å². The van der Waals surface area contributed by atoms with Crippen LogP contribution in [0, 0.1) is 0 Å². The van der Waals surface area contributed by atoms with Crippen LogP contribution in [-0.4, -0.2) is 13.1 Å². The Balaban J connectivity index is 2.47. The molecule has 1 aliphatic heterocycles. The molecule has 0 aliphatic carbocycles. The van der Waals surface area contributed by atoms with Crippen molar-refractivity contribution in [2.45, 2.75) is 32.6 Å². The molecule has 1 N–H and O–H groups in total. The van der Waals surface area contributed by atoms with Crippen LogP contribution in [0.2, 0.25) is 0 Å². The maximum Gasteiger partial charge on any atom is -0.00115 e. The maximum absolute atomic E-state index is 4.00. The van der Waals surface area contributed by atoms with Gasteiger partial charge in [-0.15, -0.1) is 0 Å². The molecule has 1 heteroatoms. The summed E-state index contributed by atoms with van der Waals surface area (Å²) in [7, 11) is 0. The van der Waals surface area contributed by atoms with Gasteiger partial charge in [0.25, 0.3) is 0 Å². The molecule has 68 valence electrons. The highest BCUT2D eigenvalue weighted by Gasteiger charge is 2.02. The Labute approximate surface area is 75.6 Å². The lowest BCUT2D eigenvalue weighted by Gasteiger charge is -2.02. The molecular formula is C11H19N. The number of hydrogen-bond donors (Lipinski definition) is 1. The normalized spacial score (nSPS) is 22.2. The summed E-state index contributed by atoms with van der Waals surface area (Å²) in [5.41, 5.74) is 2.85. The fourth-order valence-electron chi connectivity index (χ4n) is 1.47. The van der Waals surface area contributed by atoms with Crippen molar-refractivity contribution in [2.24, 2.45) is 0 Å². The predicted molar refractivity (Wildman–Crippen MR) is 54.2 cm³/mol. The molecule has 12 heavy (non-hydrogen) atoms. The number of allylic oxidation sites excluding steroid dienone is 2. The predicted octanol–water partition coefficient (Wildman–Crippen LogP) is 2.65. The first-order chi connectivity index (χ1) is 5.83. The lowest BCUT2D eigenvalue weighted by Crippen LogP contribution is -2.13. The molecule has 1 heterocycles. The third-order valence-corrected chi connectivity index (χ3v) is 2.34. The summed E-state index contributed by atoms with van der Waals surface area (Å²) < 4.78 is 0. The van der Waals surface area contributed by atoms with Crippen molar-refractivity contribution >= 4 is 0 Å². The number of hydrogen-bond acceptors (Lipinski definition) is 1. The SMILES string of the molecule is C=C(/C=C1/CCCNCC1)CC. The molecule has 0 atom stereocenters. The van der Waals surface area contributed by atoms with E-state index in [1.807, 2.05) is 0 Å². The maximum atomic E-state index is 4.00. The first-order valence-corrected chi connectivity index (χ1v) is 4.91. The Morgan fingerprint density at radius 1 is 1.50 bits per heavy atom. The van der Waals surface area contributed by atoms with Crippen LogP contribution < -0.4 is 5.32 Å². The fraction of sp³-hybridized carbons (Fsp3) is 0.636. The summed E-state index contributed by atoms with van der Waals surface area (Å²) in [6.07, 6.45) is 7.11. The number of rotatable bonds is 2. The molecule has 0 bridgehead atoms. The van der Waals surface area contributed by atoms with Gasteiger partial charge in [-0.2, -0.15) is 0 Å². The van der Waals surface area contributed by atoms with Crippen LogP contribution in [-0.2, 0) is 0 Å². The molecule has 0 radical (unpaired) electrons. The molecule has 0 aromatic heterocycles. The van der Waals surface area contributed by atoms with Crippen molar-refractivity contribution in [1.29, 1.82) is 0 Å². The van der Waals surface area contributed by atoms with Crippen LogP contribution >= 0.6 is 0 Å². The molecule has 1 rings (SSSR count). The molecule has 0 amide bonds. The Hall–Kier alpha value is -0.560. The zero-order chi connectivity index (χ0) is 8.81. The lowest BCUT2D eigenvalue weighted by molar-refractivity contribution is 0.703. The average Bonchev–Trinajstić information content (AvgIpc) is 2.33. The summed E-state index contributed by atoms with van der Waals surface area (Å²) in [5, 5.41) is 3.40. The van der Waals surface area contributed by atoms with Crippen LogP contribution in [0.15, 0.2) is 23.8 Å². The molecule has 1 aliphatic rings. The van der Waals surface area contributed by atoms with Gasteiger partial charge < -0.3 is 5.32 Å².